The lowest BCUT2D eigenvalue weighted by molar-refractivity contribution is 0.0115. The first-order valence-electron chi connectivity index (χ1n) is 12.2. The van der Waals surface area contributed by atoms with Crippen molar-refractivity contribution >= 4 is 22.5 Å². The van der Waals surface area contributed by atoms with Crippen LogP contribution in [0.2, 0.25) is 0 Å². The number of piperidine rings is 1. The number of nitrogens with one attached hydrogen (secondary N) is 1. The van der Waals surface area contributed by atoms with Crippen LogP contribution in [0, 0.1) is 6.92 Å². The van der Waals surface area contributed by atoms with E-state index in [2.05, 4.69) is 59.8 Å². The minimum absolute atomic E-state index is 0.0829. The summed E-state index contributed by atoms with van der Waals surface area (Å²) in [5.74, 6) is 1.07. The van der Waals surface area contributed by atoms with Crippen LogP contribution >= 0.6 is 0 Å². The van der Waals surface area contributed by atoms with Crippen molar-refractivity contribution in [1.29, 1.82) is 0 Å². The van der Waals surface area contributed by atoms with Crippen LogP contribution < -0.4 is 4.90 Å². The Kier molecular flexibility index (Phi) is 4.85. The summed E-state index contributed by atoms with van der Waals surface area (Å²) in [6, 6.07) is 9.08. The van der Waals surface area contributed by atoms with Gasteiger partial charge in [0.05, 0.1) is 18.8 Å². The van der Waals surface area contributed by atoms with Crippen molar-refractivity contribution in [2.75, 3.05) is 44.3 Å². The van der Waals surface area contributed by atoms with Gasteiger partial charge in [0.25, 0.3) is 0 Å². The quantitative estimate of drug-likeness (QED) is 0.646. The monoisotopic (exact) mass is 444 g/mol. The Labute approximate surface area is 194 Å². The average molecular weight is 445 g/mol. The predicted molar refractivity (Wildman–Crippen MR) is 130 cm³/mol. The van der Waals surface area contributed by atoms with Crippen LogP contribution in [0.4, 0.5) is 5.82 Å². The van der Waals surface area contributed by atoms with E-state index in [1.54, 1.807) is 0 Å². The SMILES string of the molecule is Cc1ccc2c3c([nH]c2c1)C(C)(C)c1cc(N2CCC(N4CCOCC4)CC2)ncc1C3=O. The third-order valence-electron chi connectivity index (χ3n) is 7.96. The highest BCUT2D eigenvalue weighted by molar-refractivity contribution is 6.20. The Morgan fingerprint density at radius 3 is 2.61 bits per heavy atom. The van der Waals surface area contributed by atoms with Gasteiger partial charge in [0.2, 0.25) is 0 Å². The summed E-state index contributed by atoms with van der Waals surface area (Å²) < 4.78 is 5.52. The maximum Gasteiger partial charge on any atom is 0.197 e. The smallest absolute Gasteiger partial charge is 0.197 e. The number of anilines is 1. The van der Waals surface area contributed by atoms with E-state index in [0.717, 1.165) is 91.3 Å². The molecule has 0 unspecified atom stereocenters. The lowest BCUT2D eigenvalue weighted by atomic mass is 9.72. The normalized spacial score (nSPS) is 21.3. The molecule has 6 rings (SSSR count). The maximum absolute atomic E-state index is 13.6. The van der Waals surface area contributed by atoms with Crippen LogP contribution in [0.5, 0.6) is 0 Å². The minimum Gasteiger partial charge on any atom is -0.379 e. The highest BCUT2D eigenvalue weighted by atomic mass is 16.5. The first-order valence-corrected chi connectivity index (χ1v) is 12.2. The summed E-state index contributed by atoms with van der Waals surface area (Å²) in [6.07, 6.45) is 4.11. The number of morpholine rings is 1. The standard InChI is InChI=1S/C27H32N4O2/c1-17-4-5-19-22(14-17)29-26-24(19)25(32)20-16-28-23(15-21(20)27(26,2)3)31-8-6-18(7-9-31)30-10-12-33-13-11-30/h4-5,14-16,18,29H,6-13H2,1-3H3. The molecule has 0 spiro atoms. The largest absolute Gasteiger partial charge is 0.379 e. The molecule has 172 valence electrons. The van der Waals surface area contributed by atoms with E-state index in [1.807, 2.05) is 6.20 Å². The molecule has 2 saturated heterocycles. The van der Waals surface area contributed by atoms with Crippen LogP contribution in [0.3, 0.4) is 0 Å². The van der Waals surface area contributed by atoms with Crippen molar-refractivity contribution in [3.05, 3.63) is 58.4 Å². The van der Waals surface area contributed by atoms with E-state index in [4.69, 9.17) is 9.72 Å². The summed E-state index contributed by atoms with van der Waals surface area (Å²) in [7, 11) is 0. The highest BCUT2D eigenvalue weighted by Gasteiger charge is 2.40. The summed E-state index contributed by atoms with van der Waals surface area (Å²) >= 11 is 0. The summed E-state index contributed by atoms with van der Waals surface area (Å²) in [5, 5.41) is 1.01. The Bertz CT molecular complexity index is 1230. The second kappa shape index (κ2) is 7.67. The molecule has 0 amide bonds. The van der Waals surface area contributed by atoms with Crippen LogP contribution in [0.25, 0.3) is 10.9 Å². The van der Waals surface area contributed by atoms with Gasteiger partial charge in [-0.3, -0.25) is 9.69 Å². The number of nitrogens with zero attached hydrogens (tertiary/aromatic N) is 3. The third-order valence-corrected chi connectivity index (χ3v) is 7.96. The Morgan fingerprint density at radius 1 is 1.09 bits per heavy atom. The van der Waals surface area contributed by atoms with E-state index < -0.39 is 0 Å². The number of rotatable bonds is 2. The number of carbonyl (C=O) groups excluding carboxylic acids is 1. The van der Waals surface area contributed by atoms with Crippen molar-refractivity contribution in [2.45, 2.75) is 45.1 Å². The van der Waals surface area contributed by atoms with Crippen molar-refractivity contribution in [3.8, 4) is 0 Å². The number of aromatic nitrogens is 2. The van der Waals surface area contributed by atoms with Crippen molar-refractivity contribution in [1.82, 2.24) is 14.9 Å². The van der Waals surface area contributed by atoms with Crippen LogP contribution in [0.1, 0.15) is 59.4 Å². The third kappa shape index (κ3) is 3.30. The number of ether oxygens (including phenoxy) is 1. The lowest BCUT2D eigenvalue weighted by Gasteiger charge is -2.41. The number of aromatic amines is 1. The fraction of sp³-hybridized carbons (Fsp3) is 0.481. The van der Waals surface area contributed by atoms with Gasteiger partial charge < -0.3 is 14.6 Å². The molecule has 0 bridgehead atoms. The maximum atomic E-state index is 13.6. The number of fused-ring (bicyclic) bond motifs is 4. The molecular weight excluding hydrogens is 412 g/mol. The molecule has 1 aliphatic carbocycles. The summed E-state index contributed by atoms with van der Waals surface area (Å²) in [6.45, 7) is 12.3. The Morgan fingerprint density at radius 2 is 1.85 bits per heavy atom. The number of benzene rings is 1. The van der Waals surface area contributed by atoms with E-state index >= 15 is 0 Å². The number of aryl methyl sites for hydroxylation is 1. The summed E-state index contributed by atoms with van der Waals surface area (Å²) in [5.41, 5.74) is 5.56. The van der Waals surface area contributed by atoms with E-state index in [1.165, 1.54) is 5.56 Å². The fourth-order valence-electron chi connectivity index (χ4n) is 6.00. The van der Waals surface area contributed by atoms with Gasteiger partial charge in [0, 0.05) is 66.0 Å². The first-order chi connectivity index (χ1) is 15.9. The molecular formula is C27H32N4O2. The summed E-state index contributed by atoms with van der Waals surface area (Å²) in [4.78, 5) is 26.9. The van der Waals surface area contributed by atoms with Gasteiger partial charge in [-0.15, -0.1) is 0 Å². The molecule has 33 heavy (non-hydrogen) atoms. The molecule has 1 aromatic carbocycles. The molecule has 3 aromatic rings. The number of carbonyl (C=O) groups is 1. The van der Waals surface area contributed by atoms with Crippen LogP contribution in [-0.2, 0) is 10.2 Å². The van der Waals surface area contributed by atoms with Gasteiger partial charge in [0.15, 0.2) is 5.78 Å². The minimum atomic E-state index is -0.296. The van der Waals surface area contributed by atoms with Crippen molar-refractivity contribution < 1.29 is 9.53 Å². The van der Waals surface area contributed by atoms with E-state index in [0.29, 0.717) is 6.04 Å². The molecule has 1 N–H and O–H groups in total. The number of hydrogen-bond acceptors (Lipinski definition) is 5. The molecule has 3 aliphatic rings. The van der Waals surface area contributed by atoms with Crippen molar-refractivity contribution in [3.63, 3.8) is 0 Å². The molecule has 2 fully saturated rings. The number of H-pyrrole nitrogens is 1. The van der Waals surface area contributed by atoms with Crippen molar-refractivity contribution in [2.24, 2.45) is 0 Å². The van der Waals surface area contributed by atoms with Gasteiger partial charge in [-0.05, 0) is 43.0 Å². The molecule has 0 saturated carbocycles. The van der Waals surface area contributed by atoms with Gasteiger partial charge in [-0.2, -0.15) is 0 Å². The second-order valence-corrected chi connectivity index (χ2v) is 10.3. The molecule has 2 aliphatic heterocycles. The molecule has 0 radical (unpaired) electrons. The Balaban J connectivity index is 1.31. The van der Waals surface area contributed by atoms with Crippen LogP contribution in [0.15, 0.2) is 30.5 Å². The molecule has 4 heterocycles. The predicted octanol–water partition coefficient (Wildman–Crippen LogP) is 4.04. The second-order valence-electron chi connectivity index (χ2n) is 10.3. The average Bonchev–Trinajstić information content (AvgIpc) is 3.23. The van der Waals surface area contributed by atoms with Gasteiger partial charge in [0.1, 0.15) is 5.82 Å². The zero-order valence-electron chi connectivity index (χ0n) is 19.8. The van der Waals surface area contributed by atoms with Crippen LogP contribution in [-0.4, -0.2) is 66.1 Å². The topological polar surface area (TPSA) is 61.5 Å². The molecule has 0 atom stereocenters. The highest BCUT2D eigenvalue weighted by Crippen LogP contribution is 2.44. The Hall–Kier alpha value is -2.70. The molecule has 2 aromatic heterocycles. The number of hydrogen-bond donors (Lipinski definition) is 1. The van der Waals surface area contributed by atoms with Gasteiger partial charge in [-0.25, -0.2) is 4.98 Å². The van der Waals surface area contributed by atoms with Gasteiger partial charge in [-0.1, -0.05) is 26.0 Å². The zero-order chi connectivity index (χ0) is 22.7. The molecule has 6 nitrogen and oxygen atoms in total. The zero-order valence-corrected chi connectivity index (χ0v) is 19.8. The molecule has 6 heteroatoms. The number of ketones is 1. The lowest BCUT2D eigenvalue weighted by Crippen LogP contribution is -2.49. The number of pyridine rings is 1. The fourth-order valence-corrected chi connectivity index (χ4v) is 6.00. The van der Waals surface area contributed by atoms with Gasteiger partial charge >= 0.3 is 0 Å². The van der Waals surface area contributed by atoms with E-state index in [9.17, 15) is 4.79 Å². The van der Waals surface area contributed by atoms with E-state index in [-0.39, 0.29) is 11.2 Å². The first kappa shape index (κ1) is 20.9.